The standard InChI is InChI=1S/C14H22O3S/c1-5-16-14(17-6-2)10-18(15)13-8-7-11(3)9-12(13)4/h7-9,14H,5-6,10H2,1-4H3. The van der Waals surface area contributed by atoms with Gasteiger partial charge in [-0.1, -0.05) is 17.7 Å². The number of hydrogen-bond donors (Lipinski definition) is 0. The van der Waals surface area contributed by atoms with Gasteiger partial charge in [-0.25, -0.2) is 0 Å². The molecule has 0 aromatic heterocycles. The fraction of sp³-hybridized carbons (Fsp3) is 0.571. The van der Waals surface area contributed by atoms with Crippen molar-refractivity contribution >= 4 is 10.8 Å². The van der Waals surface area contributed by atoms with Gasteiger partial charge >= 0.3 is 0 Å². The lowest BCUT2D eigenvalue weighted by molar-refractivity contribution is -0.120. The Balaban J connectivity index is 2.73. The zero-order chi connectivity index (χ0) is 13.5. The van der Waals surface area contributed by atoms with E-state index in [1.54, 1.807) is 0 Å². The van der Waals surface area contributed by atoms with Gasteiger partial charge in [0, 0.05) is 18.1 Å². The van der Waals surface area contributed by atoms with E-state index in [0.717, 1.165) is 10.5 Å². The first kappa shape index (κ1) is 15.3. The van der Waals surface area contributed by atoms with Gasteiger partial charge in [0.05, 0.1) is 16.6 Å². The molecule has 0 radical (unpaired) electrons. The molecule has 1 aromatic rings. The topological polar surface area (TPSA) is 35.5 Å². The summed E-state index contributed by atoms with van der Waals surface area (Å²) in [5.74, 6) is 0.381. The van der Waals surface area contributed by atoms with Crippen LogP contribution in [0, 0.1) is 13.8 Å². The number of hydrogen-bond acceptors (Lipinski definition) is 3. The van der Waals surface area contributed by atoms with Crippen LogP contribution in [0.5, 0.6) is 0 Å². The highest BCUT2D eigenvalue weighted by Crippen LogP contribution is 2.16. The fourth-order valence-electron chi connectivity index (χ4n) is 1.78. The average molecular weight is 270 g/mol. The minimum absolute atomic E-state index is 0.381. The van der Waals surface area contributed by atoms with Crippen LogP contribution < -0.4 is 0 Å². The molecule has 1 unspecified atom stereocenters. The minimum atomic E-state index is -1.09. The molecule has 102 valence electrons. The maximum Gasteiger partial charge on any atom is 0.169 e. The van der Waals surface area contributed by atoms with Crippen LogP contribution in [0.1, 0.15) is 25.0 Å². The van der Waals surface area contributed by atoms with E-state index in [9.17, 15) is 4.21 Å². The minimum Gasteiger partial charge on any atom is -0.352 e. The summed E-state index contributed by atoms with van der Waals surface area (Å²) < 4.78 is 23.1. The molecule has 0 aliphatic rings. The van der Waals surface area contributed by atoms with Crippen molar-refractivity contribution in [2.24, 2.45) is 0 Å². The quantitative estimate of drug-likeness (QED) is 0.715. The lowest BCUT2D eigenvalue weighted by Crippen LogP contribution is -2.24. The van der Waals surface area contributed by atoms with Gasteiger partial charge in [-0.15, -0.1) is 0 Å². The van der Waals surface area contributed by atoms with Crippen molar-refractivity contribution in [3.8, 4) is 0 Å². The van der Waals surface area contributed by atoms with Gasteiger partial charge in [0.2, 0.25) is 0 Å². The third kappa shape index (κ3) is 4.52. The van der Waals surface area contributed by atoms with Gasteiger partial charge in [-0.05, 0) is 39.3 Å². The van der Waals surface area contributed by atoms with Gasteiger partial charge in [0.15, 0.2) is 6.29 Å². The van der Waals surface area contributed by atoms with Crippen molar-refractivity contribution in [3.05, 3.63) is 29.3 Å². The van der Waals surface area contributed by atoms with Crippen molar-refractivity contribution in [2.75, 3.05) is 19.0 Å². The molecule has 0 aliphatic heterocycles. The van der Waals surface area contributed by atoms with Crippen molar-refractivity contribution < 1.29 is 13.7 Å². The molecule has 0 saturated carbocycles. The first-order valence-electron chi connectivity index (χ1n) is 6.27. The summed E-state index contributed by atoms with van der Waals surface area (Å²) in [6, 6.07) is 5.95. The highest BCUT2D eigenvalue weighted by atomic mass is 32.2. The molecule has 0 N–H and O–H groups in total. The summed E-state index contributed by atoms with van der Waals surface area (Å²) in [4.78, 5) is 0.866. The molecule has 1 atom stereocenters. The second-order valence-corrected chi connectivity index (χ2v) is 5.59. The van der Waals surface area contributed by atoms with Gasteiger partial charge in [-0.2, -0.15) is 0 Å². The largest absolute Gasteiger partial charge is 0.352 e. The molecular formula is C14H22O3S. The number of ether oxygens (including phenoxy) is 2. The lowest BCUT2D eigenvalue weighted by Gasteiger charge is -2.17. The summed E-state index contributed by atoms with van der Waals surface area (Å²) in [6.07, 6.45) is -0.387. The van der Waals surface area contributed by atoms with Crippen molar-refractivity contribution in [1.29, 1.82) is 0 Å². The molecule has 4 heteroatoms. The second-order valence-electron chi connectivity index (χ2n) is 4.12. The molecule has 0 aliphatic carbocycles. The smallest absolute Gasteiger partial charge is 0.169 e. The van der Waals surface area contributed by atoms with E-state index < -0.39 is 10.8 Å². The molecular weight excluding hydrogens is 248 g/mol. The van der Waals surface area contributed by atoms with E-state index in [1.165, 1.54) is 5.56 Å². The number of benzene rings is 1. The van der Waals surface area contributed by atoms with Crippen molar-refractivity contribution in [2.45, 2.75) is 38.9 Å². The van der Waals surface area contributed by atoms with Gasteiger partial charge in [-0.3, -0.25) is 4.21 Å². The Kier molecular flexibility index (Phi) is 6.54. The van der Waals surface area contributed by atoms with Crippen molar-refractivity contribution in [3.63, 3.8) is 0 Å². The third-order valence-electron chi connectivity index (χ3n) is 2.57. The van der Waals surface area contributed by atoms with Crippen LogP contribution >= 0.6 is 0 Å². The van der Waals surface area contributed by atoms with Crippen LogP contribution in [0.4, 0.5) is 0 Å². The van der Waals surface area contributed by atoms with Gasteiger partial charge in [0.1, 0.15) is 0 Å². The number of aryl methyl sites for hydroxylation is 2. The first-order valence-corrected chi connectivity index (χ1v) is 7.59. The molecule has 0 amide bonds. The van der Waals surface area contributed by atoms with E-state index in [0.29, 0.717) is 19.0 Å². The van der Waals surface area contributed by atoms with Crippen LogP contribution in [-0.4, -0.2) is 29.5 Å². The predicted molar refractivity (Wildman–Crippen MR) is 74.2 cm³/mol. The van der Waals surface area contributed by atoms with E-state index in [2.05, 4.69) is 0 Å². The Morgan fingerprint density at radius 1 is 1.17 bits per heavy atom. The van der Waals surface area contributed by atoms with Crippen LogP contribution in [-0.2, 0) is 20.3 Å². The molecule has 0 saturated heterocycles. The molecule has 0 bridgehead atoms. The first-order chi connectivity index (χ1) is 8.58. The van der Waals surface area contributed by atoms with Crippen LogP contribution in [0.15, 0.2) is 23.1 Å². The Bertz CT molecular complexity index is 398. The summed E-state index contributed by atoms with van der Waals surface area (Å²) in [5, 5.41) is 0. The Hall–Kier alpha value is -0.710. The van der Waals surface area contributed by atoms with Gasteiger partial charge < -0.3 is 9.47 Å². The zero-order valence-electron chi connectivity index (χ0n) is 11.6. The van der Waals surface area contributed by atoms with Crippen LogP contribution in [0.25, 0.3) is 0 Å². The van der Waals surface area contributed by atoms with E-state index in [4.69, 9.17) is 9.47 Å². The predicted octanol–water partition coefficient (Wildman–Crippen LogP) is 2.81. The van der Waals surface area contributed by atoms with Crippen LogP contribution in [0.2, 0.25) is 0 Å². The molecule has 1 aromatic carbocycles. The number of rotatable bonds is 7. The van der Waals surface area contributed by atoms with Crippen molar-refractivity contribution in [1.82, 2.24) is 0 Å². The summed E-state index contributed by atoms with van der Waals surface area (Å²) in [5.41, 5.74) is 2.24. The Labute approximate surface area is 112 Å². The molecule has 0 fully saturated rings. The summed E-state index contributed by atoms with van der Waals surface area (Å²) in [6.45, 7) is 8.96. The van der Waals surface area contributed by atoms with E-state index >= 15 is 0 Å². The molecule has 0 heterocycles. The average Bonchev–Trinajstić information content (AvgIpc) is 2.29. The Morgan fingerprint density at radius 2 is 1.78 bits per heavy atom. The highest BCUT2D eigenvalue weighted by Gasteiger charge is 2.15. The monoisotopic (exact) mass is 270 g/mol. The third-order valence-corrected chi connectivity index (χ3v) is 4.09. The fourth-order valence-corrected chi connectivity index (χ4v) is 3.04. The molecule has 0 spiro atoms. The van der Waals surface area contributed by atoms with E-state index in [-0.39, 0.29) is 6.29 Å². The summed E-state index contributed by atoms with van der Waals surface area (Å²) >= 11 is 0. The maximum absolute atomic E-state index is 12.3. The van der Waals surface area contributed by atoms with Gasteiger partial charge in [0.25, 0.3) is 0 Å². The molecule has 18 heavy (non-hydrogen) atoms. The highest BCUT2D eigenvalue weighted by molar-refractivity contribution is 7.85. The maximum atomic E-state index is 12.3. The lowest BCUT2D eigenvalue weighted by atomic mass is 10.2. The molecule has 1 rings (SSSR count). The van der Waals surface area contributed by atoms with Crippen LogP contribution in [0.3, 0.4) is 0 Å². The zero-order valence-corrected chi connectivity index (χ0v) is 12.4. The summed E-state index contributed by atoms with van der Waals surface area (Å²) in [7, 11) is -1.09. The molecule has 3 nitrogen and oxygen atoms in total. The Morgan fingerprint density at radius 3 is 2.28 bits per heavy atom. The SMILES string of the molecule is CCOC(CS(=O)c1ccc(C)cc1C)OCC. The van der Waals surface area contributed by atoms with E-state index in [1.807, 2.05) is 45.9 Å². The normalized spacial score (nSPS) is 12.9. The second kappa shape index (κ2) is 7.67.